The first kappa shape index (κ1) is 8.52. The van der Waals surface area contributed by atoms with Crippen LogP contribution in [0.1, 0.15) is 20.8 Å². The summed E-state index contributed by atoms with van der Waals surface area (Å²) in [4.78, 5) is 2.57. The predicted octanol–water partition coefficient (Wildman–Crippen LogP) is 0.929. The first-order valence-corrected chi connectivity index (χ1v) is 5.29. The molecule has 2 nitrogen and oxygen atoms in total. The molecule has 2 aliphatic heterocycles. The van der Waals surface area contributed by atoms with Gasteiger partial charge in [0.15, 0.2) is 0 Å². The average Bonchev–Trinajstić information content (AvgIpc) is 2.60. The Bertz CT molecular complexity index is 161. The molecule has 12 heavy (non-hydrogen) atoms. The lowest BCUT2D eigenvalue weighted by atomic mass is 10.3. The maximum absolute atomic E-state index is 2.57. The fourth-order valence-corrected chi connectivity index (χ4v) is 2.85. The Morgan fingerprint density at radius 3 is 2.00 bits per heavy atom. The summed E-state index contributed by atoms with van der Waals surface area (Å²) in [5.74, 6) is 0. The molecule has 2 heterocycles. The molecule has 2 rings (SSSR count). The zero-order valence-electron chi connectivity index (χ0n) is 8.58. The van der Waals surface area contributed by atoms with E-state index in [9.17, 15) is 0 Å². The van der Waals surface area contributed by atoms with E-state index in [0.717, 1.165) is 12.1 Å². The molecule has 0 aromatic rings. The molecule has 0 saturated carbocycles. The first-order valence-electron chi connectivity index (χ1n) is 5.29. The largest absolute Gasteiger partial charge is 0.307 e. The van der Waals surface area contributed by atoms with E-state index in [0.29, 0.717) is 0 Å². The molecule has 2 fully saturated rings. The quantitative estimate of drug-likeness (QED) is 0.417. The van der Waals surface area contributed by atoms with E-state index in [1.807, 2.05) is 0 Å². The molecule has 0 aliphatic carbocycles. The first-order chi connectivity index (χ1) is 5.70. The summed E-state index contributed by atoms with van der Waals surface area (Å²) >= 11 is 0. The minimum Gasteiger partial charge on any atom is -0.307 e. The average molecular weight is 169 g/mol. The standard InChI is InChI=1S/C10H21N2/c1-4-11-5-7-12(8-6-11)9(2)10(12)3/h9-10H,4-8H2,1-3H3/q+1/t9-,10?/m0/s1. The lowest BCUT2D eigenvalue weighted by molar-refractivity contribution is -0.830. The Balaban J connectivity index is 1.91. The van der Waals surface area contributed by atoms with Crippen molar-refractivity contribution in [1.82, 2.24) is 4.90 Å². The highest BCUT2D eigenvalue weighted by Crippen LogP contribution is 2.40. The van der Waals surface area contributed by atoms with Gasteiger partial charge >= 0.3 is 0 Å². The van der Waals surface area contributed by atoms with Crippen molar-refractivity contribution in [3.8, 4) is 0 Å². The van der Waals surface area contributed by atoms with Crippen molar-refractivity contribution in [2.24, 2.45) is 0 Å². The summed E-state index contributed by atoms with van der Waals surface area (Å²) in [7, 11) is 0. The minimum atomic E-state index is 0.948. The Labute approximate surface area is 75.7 Å². The van der Waals surface area contributed by atoms with Crippen LogP contribution in [-0.4, -0.2) is 54.2 Å². The summed E-state index contributed by atoms with van der Waals surface area (Å²) in [6, 6.07) is 1.90. The summed E-state index contributed by atoms with van der Waals surface area (Å²) in [6.45, 7) is 13.8. The molecule has 0 amide bonds. The Morgan fingerprint density at radius 2 is 1.67 bits per heavy atom. The number of quaternary nitrogens is 1. The van der Waals surface area contributed by atoms with Crippen LogP contribution in [0.15, 0.2) is 0 Å². The molecule has 2 heteroatoms. The minimum absolute atomic E-state index is 0.948. The SMILES string of the molecule is CCN1CC[N+]2(CC1)C(C)[C@@H]2C. The maximum Gasteiger partial charge on any atom is 0.139 e. The number of nitrogens with zero attached hydrogens (tertiary/aromatic N) is 2. The van der Waals surface area contributed by atoms with Crippen molar-refractivity contribution >= 4 is 0 Å². The smallest absolute Gasteiger partial charge is 0.139 e. The van der Waals surface area contributed by atoms with Gasteiger partial charge in [-0.25, -0.2) is 0 Å². The number of hydrogen-bond acceptors (Lipinski definition) is 1. The molecule has 1 spiro atoms. The summed E-state index contributed by atoms with van der Waals surface area (Å²) in [5, 5.41) is 0. The lowest BCUT2D eigenvalue weighted by Crippen LogP contribution is -2.49. The second kappa shape index (κ2) is 2.71. The molecular formula is C10H21N2+. The van der Waals surface area contributed by atoms with E-state index in [2.05, 4.69) is 25.7 Å². The molecular weight excluding hydrogens is 148 g/mol. The number of rotatable bonds is 1. The Hall–Kier alpha value is -0.0800. The molecule has 2 saturated heterocycles. The molecule has 0 radical (unpaired) electrons. The summed E-state index contributed by atoms with van der Waals surface area (Å²) in [6.07, 6.45) is 0. The molecule has 70 valence electrons. The number of hydrogen-bond donors (Lipinski definition) is 0. The second-order valence-corrected chi connectivity index (χ2v) is 4.47. The third-order valence-electron chi connectivity index (χ3n) is 4.34. The van der Waals surface area contributed by atoms with Crippen molar-refractivity contribution in [2.45, 2.75) is 32.9 Å². The van der Waals surface area contributed by atoms with Gasteiger partial charge in [-0.1, -0.05) is 6.92 Å². The van der Waals surface area contributed by atoms with Crippen LogP contribution in [0, 0.1) is 0 Å². The highest BCUT2D eigenvalue weighted by atomic mass is 15.6. The molecule has 2 atom stereocenters. The Kier molecular flexibility index (Phi) is 1.92. The maximum atomic E-state index is 2.57. The van der Waals surface area contributed by atoms with Crippen molar-refractivity contribution in [3.63, 3.8) is 0 Å². The van der Waals surface area contributed by atoms with Gasteiger partial charge < -0.3 is 4.48 Å². The van der Waals surface area contributed by atoms with Crippen LogP contribution in [0.25, 0.3) is 0 Å². The predicted molar refractivity (Wildman–Crippen MR) is 51.0 cm³/mol. The number of piperazine rings is 1. The Morgan fingerprint density at radius 1 is 1.17 bits per heavy atom. The van der Waals surface area contributed by atoms with Crippen molar-refractivity contribution < 1.29 is 4.48 Å². The topological polar surface area (TPSA) is 3.24 Å². The third-order valence-corrected chi connectivity index (χ3v) is 4.34. The normalized spacial score (nSPS) is 40.2. The van der Waals surface area contributed by atoms with E-state index in [4.69, 9.17) is 0 Å². The fourth-order valence-electron chi connectivity index (χ4n) is 2.85. The molecule has 0 bridgehead atoms. The van der Waals surface area contributed by atoms with E-state index in [-0.39, 0.29) is 0 Å². The van der Waals surface area contributed by atoms with Gasteiger partial charge in [0.1, 0.15) is 12.1 Å². The van der Waals surface area contributed by atoms with Gasteiger partial charge in [0.2, 0.25) is 0 Å². The van der Waals surface area contributed by atoms with Crippen LogP contribution >= 0.6 is 0 Å². The molecule has 0 aromatic heterocycles. The van der Waals surface area contributed by atoms with Crippen molar-refractivity contribution in [2.75, 3.05) is 32.7 Å². The highest BCUT2D eigenvalue weighted by molar-refractivity contribution is 4.84. The molecule has 2 aliphatic rings. The van der Waals surface area contributed by atoms with Crippen molar-refractivity contribution in [1.29, 1.82) is 0 Å². The molecule has 1 unspecified atom stereocenters. The van der Waals surface area contributed by atoms with Crippen LogP contribution in [0.3, 0.4) is 0 Å². The van der Waals surface area contributed by atoms with E-state index in [1.165, 1.54) is 37.2 Å². The lowest BCUT2D eigenvalue weighted by Gasteiger charge is -2.33. The van der Waals surface area contributed by atoms with Crippen LogP contribution in [0.4, 0.5) is 0 Å². The van der Waals surface area contributed by atoms with Crippen LogP contribution in [0.5, 0.6) is 0 Å². The van der Waals surface area contributed by atoms with E-state index < -0.39 is 0 Å². The number of likely N-dealkylation sites (N-methyl/N-ethyl adjacent to an activating group) is 1. The molecule has 0 N–H and O–H groups in total. The van der Waals surface area contributed by atoms with Gasteiger partial charge in [0.05, 0.1) is 13.1 Å². The van der Waals surface area contributed by atoms with Gasteiger partial charge in [-0.2, -0.15) is 0 Å². The highest BCUT2D eigenvalue weighted by Gasteiger charge is 2.60. The zero-order chi connectivity index (χ0) is 8.77. The van der Waals surface area contributed by atoms with Gasteiger partial charge in [-0.05, 0) is 20.4 Å². The van der Waals surface area contributed by atoms with Crippen LogP contribution in [0.2, 0.25) is 0 Å². The van der Waals surface area contributed by atoms with Gasteiger partial charge in [0, 0.05) is 13.1 Å². The van der Waals surface area contributed by atoms with E-state index >= 15 is 0 Å². The van der Waals surface area contributed by atoms with Gasteiger partial charge in [-0.3, -0.25) is 4.90 Å². The summed E-state index contributed by atoms with van der Waals surface area (Å²) in [5.41, 5.74) is 0. The third kappa shape index (κ3) is 1.01. The second-order valence-electron chi connectivity index (χ2n) is 4.47. The van der Waals surface area contributed by atoms with Gasteiger partial charge in [-0.15, -0.1) is 0 Å². The zero-order valence-corrected chi connectivity index (χ0v) is 8.58. The van der Waals surface area contributed by atoms with Crippen molar-refractivity contribution in [3.05, 3.63) is 0 Å². The van der Waals surface area contributed by atoms with Gasteiger partial charge in [0.25, 0.3) is 0 Å². The molecule has 0 aromatic carbocycles. The fraction of sp³-hybridized carbons (Fsp3) is 1.00. The monoisotopic (exact) mass is 169 g/mol. The van der Waals surface area contributed by atoms with Crippen LogP contribution in [-0.2, 0) is 0 Å². The summed E-state index contributed by atoms with van der Waals surface area (Å²) < 4.78 is 1.43. The van der Waals surface area contributed by atoms with Crippen LogP contribution < -0.4 is 0 Å². The van der Waals surface area contributed by atoms with E-state index in [1.54, 1.807) is 0 Å².